The van der Waals surface area contributed by atoms with E-state index in [0.29, 0.717) is 18.6 Å². The zero-order chi connectivity index (χ0) is 15.2. The smallest absolute Gasteiger partial charge is 0.0456 e. The van der Waals surface area contributed by atoms with E-state index < -0.39 is 0 Å². The lowest BCUT2D eigenvalue weighted by Gasteiger charge is -2.21. The maximum Gasteiger partial charge on any atom is 0.0456 e. The molecule has 0 bridgehead atoms. The van der Waals surface area contributed by atoms with Crippen molar-refractivity contribution in [2.45, 2.75) is 58.9 Å². The minimum atomic E-state index is 0.218. The van der Waals surface area contributed by atoms with Gasteiger partial charge in [0.05, 0.1) is 0 Å². The van der Waals surface area contributed by atoms with E-state index in [9.17, 15) is 0 Å². The second-order valence-corrected chi connectivity index (χ2v) is 6.98. The standard InChI is InChI=1S/C18H31NO/c1-14(13-20)7-6-12-19-15(2)16-8-10-17(11-9-16)18(3,4)5/h8-11,14-15,19-20H,6-7,12-13H2,1-5H3. The van der Waals surface area contributed by atoms with E-state index >= 15 is 0 Å². The van der Waals surface area contributed by atoms with E-state index in [4.69, 9.17) is 5.11 Å². The van der Waals surface area contributed by atoms with Crippen LogP contribution in [0.5, 0.6) is 0 Å². The van der Waals surface area contributed by atoms with Crippen LogP contribution in [0.1, 0.15) is 64.6 Å². The Morgan fingerprint density at radius 2 is 1.70 bits per heavy atom. The fourth-order valence-electron chi connectivity index (χ4n) is 2.25. The van der Waals surface area contributed by atoms with Crippen LogP contribution in [0.3, 0.4) is 0 Å². The number of hydrogen-bond donors (Lipinski definition) is 2. The van der Waals surface area contributed by atoms with E-state index in [1.165, 1.54) is 11.1 Å². The summed E-state index contributed by atoms with van der Waals surface area (Å²) in [5.41, 5.74) is 2.94. The van der Waals surface area contributed by atoms with Crippen LogP contribution in [0.25, 0.3) is 0 Å². The van der Waals surface area contributed by atoms with E-state index in [1.807, 2.05) is 0 Å². The van der Waals surface area contributed by atoms with Crippen LogP contribution in [0, 0.1) is 5.92 Å². The van der Waals surface area contributed by atoms with Crippen LogP contribution in [0.4, 0.5) is 0 Å². The maximum absolute atomic E-state index is 8.99. The predicted molar refractivity (Wildman–Crippen MR) is 87.0 cm³/mol. The summed E-state index contributed by atoms with van der Waals surface area (Å²) in [6.07, 6.45) is 2.20. The van der Waals surface area contributed by atoms with E-state index in [-0.39, 0.29) is 5.41 Å². The second-order valence-electron chi connectivity index (χ2n) is 6.98. The van der Waals surface area contributed by atoms with E-state index in [1.54, 1.807) is 0 Å². The second kappa shape index (κ2) is 7.80. The van der Waals surface area contributed by atoms with Crippen molar-refractivity contribution in [3.8, 4) is 0 Å². The van der Waals surface area contributed by atoms with Gasteiger partial charge in [-0.2, -0.15) is 0 Å². The molecule has 1 rings (SSSR count). The van der Waals surface area contributed by atoms with Crippen molar-refractivity contribution in [3.05, 3.63) is 35.4 Å². The first-order chi connectivity index (χ1) is 9.34. The van der Waals surface area contributed by atoms with Gasteiger partial charge in [0.2, 0.25) is 0 Å². The predicted octanol–water partition coefficient (Wildman–Crippen LogP) is 4.04. The molecule has 1 aromatic carbocycles. The largest absolute Gasteiger partial charge is 0.396 e. The van der Waals surface area contributed by atoms with Crippen molar-refractivity contribution >= 4 is 0 Å². The minimum absolute atomic E-state index is 0.218. The molecule has 2 atom stereocenters. The molecular weight excluding hydrogens is 246 g/mol. The summed E-state index contributed by atoms with van der Waals surface area (Å²) in [4.78, 5) is 0. The molecule has 20 heavy (non-hydrogen) atoms. The van der Waals surface area contributed by atoms with Crippen LogP contribution < -0.4 is 5.32 Å². The van der Waals surface area contributed by atoms with Crippen molar-refractivity contribution in [1.29, 1.82) is 0 Å². The molecule has 0 aliphatic rings. The van der Waals surface area contributed by atoms with Gasteiger partial charge in [0.1, 0.15) is 0 Å². The molecule has 1 aromatic rings. The number of hydrogen-bond acceptors (Lipinski definition) is 2. The summed E-state index contributed by atoms with van der Waals surface area (Å²) in [7, 11) is 0. The average Bonchev–Trinajstić information content (AvgIpc) is 2.42. The summed E-state index contributed by atoms with van der Waals surface area (Å²) < 4.78 is 0. The fourth-order valence-corrected chi connectivity index (χ4v) is 2.25. The summed E-state index contributed by atoms with van der Waals surface area (Å²) in [5.74, 6) is 0.415. The molecule has 114 valence electrons. The zero-order valence-corrected chi connectivity index (χ0v) is 13.7. The first-order valence-corrected chi connectivity index (χ1v) is 7.79. The molecule has 0 fully saturated rings. The number of benzene rings is 1. The Bertz CT molecular complexity index is 377. The molecule has 0 heterocycles. The molecule has 0 aliphatic heterocycles. The van der Waals surface area contributed by atoms with Gasteiger partial charge in [-0.05, 0) is 48.8 Å². The summed E-state index contributed by atoms with van der Waals surface area (Å²) >= 11 is 0. The Morgan fingerprint density at radius 3 is 2.20 bits per heavy atom. The highest BCUT2D eigenvalue weighted by molar-refractivity contribution is 5.28. The summed E-state index contributed by atoms with van der Waals surface area (Å²) in [6, 6.07) is 9.32. The molecule has 2 N–H and O–H groups in total. The van der Waals surface area contributed by atoms with Crippen LogP contribution in [0.15, 0.2) is 24.3 Å². The number of aliphatic hydroxyl groups is 1. The fraction of sp³-hybridized carbons (Fsp3) is 0.667. The lowest BCUT2D eigenvalue weighted by Crippen LogP contribution is -2.21. The topological polar surface area (TPSA) is 32.3 Å². The molecule has 0 saturated carbocycles. The Hall–Kier alpha value is -0.860. The van der Waals surface area contributed by atoms with E-state index in [2.05, 4.69) is 64.2 Å². The van der Waals surface area contributed by atoms with Crippen LogP contribution in [-0.4, -0.2) is 18.3 Å². The zero-order valence-electron chi connectivity index (χ0n) is 13.7. The SMILES string of the molecule is CC(CO)CCCNC(C)c1ccc(C(C)(C)C)cc1. The summed E-state index contributed by atoms with van der Waals surface area (Å²) in [5, 5.41) is 12.5. The molecule has 0 spiro atoms. The van der Waals surface area contributed by atoms with Crippen molar-refractivity contribution < 1.29 is 5.11 Å². The van der Waals surface area contributed by atoms with Gasteiger partial charge in [-0.25, -0.2) is 0 Å². The Morgan fingerprint density at radius 1 is 1.10 bits per heavy atom. The van der Waals surface area contributed by atoms with Crippen molar-refractivity contribution in [2.75, 3.05) is 13.2 Å². The first-order valence-electron chi connectivity index (χ1n) is 7.79. The molecule has 2 unspecified atom stereocenters. The summed E-state index contributed by atoms with van der Waals surface area (Å²) in [6.45, 7) is 12.3. The lowest BCUT2D eigenvalue weighted by molar-refractivity contribution is 0.227. The van der Waals surface area contributed by atoms with Gasteiger partial charge in [0, 0.05) is 12.6 Å². The van der Waals surface area contributed by atoms with Gasteiger partial charge in [-0.15, -0.1) is 0 Å². The molecule has 0 aliphatic carbocycles. The van der Waals surface area contributed by atoms with Gasteiger partial charge in [-0.1, -0.05) is 52.0 Å². The van der Waals surface area contributed by atoms with Crippen molar-refractivity contribution in [1.82, 2.24) is 5.32 Å². The quantitative estimate of drug-likeness (QED) is 0.737. The Kier molecular flexibility index (Phi) is 6.70. The Labute approximate surface area is 124 Å². The molecule has 2 heteroatoms. The highest BCUT2D eigenvalue weighted by Gasteiger charge is 2.13. The Balaban J connectivity index is 2.42. The third kappa shape index (κ3) is 5.64. The molecule has 0 saturated heterocycles. The van der Waals surface area contributed by atoms with Gasteiger partial charge < -0.3 is 10.4 Å². The maximum atomic E-state index is 8.99. The third-order valence-corrected chi connectivity index (χ3v) is 3.91. The number of aliphatic hydroxyl groups excluding tert-OH is 1. The monoisotopic (exact) mass is 277 g/mol. The highest BCUT2D eigenvalue weighted by Crippen LogP contribution is 2.23. The van der Waals surface area contributed by atoms with Gasteiger partial charge in [-0.3, -0.25) is 0 Å². The normalized spacial score (nSPS) is 15.1. The van der Waals surface area contributed by atoms with Gasteiger partial charge >= 0.3 is 0 Å². The molecule has 0 amide bonds. The molecule has 0 radical (unpaired) electrons. The van der Waals surface area contributed by atoms with Gasteiger partial charge in [0.15, 0.2) is 0 Å². The first kappa shape index (κ1) is 17.2. The van der Waals surface area contributed by atoms with Crippen LogP contribution in [-0.2, 0) is 5.41 Å². The lowest BCUT2D eigenvalue weighted by atomic mass is 9.86. The molecule has 2 nitrogen and oxygen atoms in total. The van der Waals surface area contributed by atoms with Crippen molar-refractivity contribution in [2.24, 2.45) is 5.92 Å². The number of rotatable bonds is 7. The van der Waals surface area contributed by atoms with Crippen molar-refractivity contribution in [3.63, 3.8) is 0 Å². The van der Waals surface area contributed by atoms with Crippen LogP contribution >= 0.6 is 0 Å². The van der Waals surface area contributed by atoms with Crippen LogP contribution in [0.2, 0.25) is 0 Å². The van der Waals surface area contributed by atoms with Gasteiger partial charge in [0.25, 0.3) is 0 Å². The average molecular weight is 277 g/mol. The van der Waals surface area contributed by atoms with E-state index in [0.717, 1.165) is 19.4 Å². The third-order valence-electron chi connectivity index (χ3n) is 3.91. The molecular formula is C18H31NO. The highest BCUT2D eigenvalue weighted by atomic mass is 16.3. The molecule has 0 aromatic heterocycles. The minimum Gasteiger partial charge on any atom is -0.396 e. The number of nitrogens with one attached hydrogen (secondary N) is 1.